The topological polar surface area (TPSA) is 131 Å². The molecule has 0 bridgehead atoms. The second-order valence-corrected chi connectivity index (χ2v) is 9.72. The van der Waals surface area contributed by atoms with Crippen molar-refractivity contribution < 1.29 is 28.0 Å². The van der Waals surface area contributed by atoms with Gasteiger partial charge in [0.1, 0.15) is 6.33 Å². The molecule has 0 aliphatic heterocycles. The molecule has 0 amide bonds. The van der Waals surface area contributed by atoms with E-state index in [9.17, 15) is 18.6 Å². The minimum atomic E-state index is -4.38. The first-order valence-corrected chi connectivity index (χ1v) is 11.4. The highest BCUT2D eigenvalue weighted by Gasteiger charge is 2.18. The smallest absolute Gasteiger partial charge is 0.356 e. The van der Waals surface area contributed by atoms with Gasteiger partial charge >= 0.3 is 7.60 Å². The second-order valence-electron chi connectivity index (χ2n) is 5.85. The number of methoxy groups -OCH3 is 2. The number of benzene rings is 2. The third kappa shape index (κ3) is 4.00. The Hall–Kier alpha value is -2.52. The average molecular weight is 423 g/mol. The fraction of sp³-hybridized carbons (Fsp3) is 0.176. The van der Waals surface area contributed by atoms with Gasteiger partial charge in [0.15, 0.2) is 17.3 Å². The van der Waals surface area contributed by atoms with E-state index in [4.69, 9.17) is 9.47 Å². The number of aromatic nitrogens is 2. The summed E-state index contributed by atoms with van der Waals surface area (Å²) in [7, 11) is -4.31. The van der Waals surface area contributed by atoms with Crippen molar-refractivity contribution in [2.75, 3.05) is 20.5 Å². The van der Waals surface area contributed by atoms with Crippen LogP contribution in [0.2, 0.25) is 0 Å². The summed E-state index contributed by atoms with van der Waals surface area (Å²) >= 11 is 0. The quantitative estimate of drug-likeness (QED) is 0.598. The fourth-order valence-electron chi connectivity index (χ4n) is 2.55. The zero-order chi connectivity index (χ0) is 20.5. The van der Waals surface area contributed by atoms with Gasteiger partial charge in [0.25, 0.3) is 0 Å². The van der Waals surface area contributed by atoms with Crippen LogP contribution in [0.1, 0.15) is 0 Å². The van der Waals surface area contributed by atoms with Crippen molar-refractivity contribution in [1.82, 2.24) is 9.97 Å². The molecule has 0 saturated carbocycles. The van der Waals surface area contributed by atoms with Crippen molar-refractivity contribution in [2.45, 2.75) is 4.90 Å². The molecule has 2 N–H and O–H groups in total. The van der Waals surface area contributed by atoms with Crippen LogP contribution in [0.25, 0.3) is 10.9 Å². The lowest BCUT2D eigenvalue weighted by atomic mass is 10.2. The Morgan fingerprint density at radius 1 is 1.04 bits per heavy atom. The summed E-state index contributed by atoms with van der Waals surface area (Å²) in [4.78, 5) is 27.0. The van der Waals surface area contributed by atoms with Crippen LogP contribution >= 0.6 is 7.60 Å². The van der Waals surface area contributed by atoms with Crippen molar-refractivity contribution in [1.29, 1.82) is 0 Å². The lowest BCUT2D eigenvalue weighted by molar-refractivity contribution is 0.356. The van der Waals surface area contributed by atoms with Gasteiger partial charge in [0.05, 0.1) is 34.8 Å². The molecule has 0 fully saturated rings. The SMILES string of the molecule is COc1cc2ncnc(N=S(C)(=O)c3ccc(P(=O)(O)O)cc3)c2cc1OC. The average Bonchev–Trinajstić information content (AvgIpc) is 2.66. The monoisotopic (exact) mass is 423 g/mol. The first-order chi connectivity index (χ1) is 13.2. The Kier molecular flexibility index (Phi) is 5.40. The maximum atomic E-state index is 13.2. The molecule has 0 aliphatic carbocycles. The first kappa shape index (κ1) is 20.2. The van der Waals surface area contributed by atoms with Crippen LogP contribution in [0.4, 0.5) is 5.82 Å². The molecule has 9 nitrogen and oxygen atoms in total. The molecule has 0 aliphatic rings. The van der Waals surface area contributed by atoms with E-state index in [2.05, 4.69) is 14.3 Å². The van der Waals surface area contributed by atoms with E-state index in [1.807, 2.05) is 0 Å². The molecular weight excluding hydrogens is 405 g/mol. The highest BCUT2D eigenvalue weighted by atomic mass is 32.2. The maximum Gasteiger partial charge on any atom is 0.356 e. The summed E-state index contributed by atoms with van der Waals surface area (Å²) < 4.78 is 39.3. The molecular formula is C17H18N3O6PS. The van der Waals surface area contributed by atoms with Gasteiger partial charge in [-0.1, -0.05) is 0 Å². The number of ether oxygens (including phenoxy) is 2. The van der Waals surface area contributed by atoms with Crippen LogP contribution in [0.3, 0.4) is 0 Å². The van der Waals surface area contributed by atoms with Crippen LogP contribution < -0.4 is 14.8 Å². The van der Waals surface area contributed by atoms with Gasteiger partial charge in [0, 0.05) is 22.6 Å². The molecule has 3 rings (SSSR count). The number of nitrogens with zero attached hydrogens (tertiary/aromatic N) is 3. The van der Waals surface area contributed by atoms with Gasteiger partial charge in [-0.15, -0.1) is 0 Å². The summed E-state index contributed by atoms with van der Waals surface area (Å²) in [5, 5.41) is 0.373. The molecule has 1 unspecified atom stereocenters. The highest BCUT2D eigenvalue weighted by molar-refractivity contribution is 7.93. The van der Waals surface area contributed by atoms with Gasteiger partial charge in [-0.25, -0.2) is 14.2 Å². The fourth-order valence-corrected chi connectivity index (χ4v) is 4.31. The minimum Gasteiger partial charge on any atom is -0.493 e. The Morgan fingerprint density at radius 2 is 1.64 bits per heavy atom. The Labute approximate surface area is 161 Å². The van der Waals surface area contributed by atoms with Gasteiger partial charge in [-0.3, -0.25) is 4.57 Å². The zero-order valence-electron chi connectivity index (χ0n) is 15.3. The van der Waals surface area contributed by atoms with E-state index in [1.54, 1.807) is 12.1 Å². The minimum absolute atomic E-state index is 0.157. The Bertz CT molecular complexity index is 1200. The third-order valence-electron chi connectivity index (χ3n) is 3.99. The van der Waals surface area contributed by atoms with E-state index >= 15 is 0 Å². The molecule has 0 spiro atoms. The largest absolute Gasteiger partial charge is 0.493 e. The number of hydrogen-bond donors (Lipinski definition) is 2. The van der Waals surface area contributed by atoms with Crippen molar-refractivity contribution >= 4 is 39.4 Å². The first-order valence-electron chi connectivity index (χ1n) is 7.91. The molecule has 11 heteroatoms. The van der Waals surface area contributed by atoms with Crippen molar-refractivity contribution in [2.24, 2.45) is 4.36 Å². The summed E-state index contributed by atoms with van der Waals surface area (Å²) in [6.07, 6.45) is 2.73. The molecule has 1 atom stereocenters. The van der Waals surface area contributed by atoms with E-state index < -0.39 is 17.3 Å². The Morgan fingerprint density at radius 3 is 2.21 bits per heavy atom. The predicted octanol–water partition coefficient (Wildman–Crippen LogP) is 2.24. The molecule has 0 radical (unpaired) electrons. The lowest BCUT2D eigenvalue weighted by Crippen LogP contribution is -2.05. The zero-order valence-corrected chi connectivity index (χ0v) is 17.0. The summed E-state index contributed by atoms with van der Waals surface area (Å²) in [6, 6.07) is 8.56. The van der Waals surface area contributed by atoms with Crippen LogP contribution in [-0.2, 0) is 14.3 Å². The molecule has 1 aromatic heterocycles. The standard InChI is InChI=1S/C17H18N3O6PS/c1-25-15-8-13-14(9-16(15)26-2)18-10-19-17(13)20-28(3,24)12-6-4-11(5-7-12)27(21,22)23/h4-10H,1-3H3,(H2,21,22,23). The van der Waals surface area contributed by atoms with Crippen LogP contribution in [-0.4, -0.2) is 44.4 Å². The second kappa shape index (κ2) is 7.48. The molecule has 3 aromatic rings. The molecule has 0 saturated heterocycles. The van der Waals surface area contributed by atoms with E-state index in [0.717, 1.165) is 0 Å². The molecule has 2 aromatic carbocycles. The summed E-state index contributed by atoms with van der Waals surface area (Å²) in [5.41, 5.74) is 0.540. The van der Waals surface area contributed by atoms with Gasteiger partial charge in [-0.2, -0.15) is 4.36 Å². The molecule has 28 heavy (non-hydrogen) atoms. The molecule has 148 valence electrons. The maximum absolute atomic E-state index is 13.2. The number of fused-ring (bicyclic) bond motifs is 1. The molecule has 1 heterocycles. The van der Waals surface area contributed by atoms with Gasteiger partial charge < -0.3 is 19.3 Å². The predicted molar refractivity (Wildman–Crippen MR) is 105 cm³/mol. The van der Waals surface area contributed by atoms with Crippen LogP contribution in [0, 0.1) is 0 Å². The van der Waals surface area contributed by atoms with E-state index in [1.165, 1.54) is 51.1 Å². The summed E-state index contributed by atoms with van der Waals surface area (Å²) in [6.45, 7) is 0. The van der Waals surface area contributed by atoms with Crippen LogP contribution in [0.5, 0.6) is 11.5 Å². The van der Waals surface area contributed by atoms with Gasteiger partial charge in [-0.05, 0) is 30.3 Å². The van der Waals surface area contributed by atoms with E-state index in [0.29, 0.717) is 27.3 Å². The van der Waals surface area contributed by atoms with Crippen LogP contribution in [0.15, 0.2) is 52.0 Å². The number of hydrogen-bond acceptors (Lipinski definition) is 7. The highest BCUT2D eigenvalue weighted by Crippen LogP contribution is 2.36. The van der Waals surface area contributed by atoms with Crippen molar-refractivity contribution in [3.63, 3.8) is 0 Å². The van der Waals surface area contributed by atoms with E-state index in [-0.39, 0.29) is 11.1 Å². The lowest BCUT2D eigenvalue weighted by Gasteiger charge is -2.10. The number of rotatable bonds is 5. The Balaban J connectivity index is 2.15. The van der Waals surface area contributed by atoms with Crippen molar-refractivity contribution in [3.05, 3.63) is 42.7 Å². The van der Waals surface area contributed by atoms with Crippen molar-refractivity contribution in [3.8, 4) is 11.5 Å². The third-order valence-corrected chi connectivity index (χ3v) is 6.63. The normalized spacial score (nSPS) is 13.8. The summed E-state index contributed by atoms with van der Waals surface area (Å²) in [5.74, 6) is 1.15. The van der Waals surface area contributed by atoms with Gasteiger partial charge in [0.2, 0.25) is 0 Å².